The fourth-order valence-electron chi connectivity index (χ4n) is 13.2. The Morgan fingerprint density at radius 3 is 1.65 bits per heavy atom. The number of amides is 12. The van der Waals surface area contributed by atoms with Crippen molar-refractivity contribution in [1.29, 1.82) is 10.8 Å². The number of H-pyrrole nitrogens is 2. The van der Waals surface area contributed by atoms with Gasteiger partial charge in [0.2, 0.25) is 70.9 Å². The molecule has 3 heterocycles. The van der Waals surface area contributed by atoms with E-state index in [4.69, 9.17) is 28.0 Å². The van der Waals surface area contributed by atoms with Gasteiger partial charge in [-0.3, -0.25) is 73.1 Å². The number of phenolic OH excluding ortho intramolecular Hbond substituents is 1. The summed E-state index contributed by atoms with van der Waals surface area (Å²) in [6, 6.07) is 13.1. The highest BCUT2D eigenvalue weighted by molar-refractivity contribution is 9.10. The molecule has 0 saturated heterocycles. The van der Waals surface area contributed by atoms with Gasteiger partial charge < -0.3 is 112 Å². The number of benzene rings is 4. The van der Waals surface area contributed by atoms with E-state index in [2.05, 4.69) is 105 Å². The standard InChI is InChI=1S/C81H109BrN22O15/c1-47(94-71(111)59(24-14-15-35-83)97-72(112)61(25-16-36-89-80(84)85)98-73(113)62(26-17-37-90-81(86)87)100-75(115)63(95-48(2)105)38-49-18-8-7-9-19-49)69(109)101-64(39-50-27-31-53(82)32-28-50)76(116)99-60-23-11-6-4-3-5-10-22-58(70(110)92-45-68(107)108)96-77(117)65(40-51-29-33-55(106)34-30-51)102-78(118)66(41-52-43-91-57-21-13-12-20-56(52)57)103-79(119)67(104-74(60)114)42-54-44-88-46-93-54/h3-4,7-9,12-13,18-21,27-34,43-44,46-47,58-67,91,106H,5-6,10-11,14-17,22-26,35-42,45,83H2,1-2H3,(H,88,93)(H,92,110)(H,94,111)(H,95,105)(H,96,117)(H,97,112)(H,98,113)(H,99,116)(H,100,115)(H,101,109)(H,102,118)(H,103,119)(H,104,114)(H,107,108)(H4,84,85,89)(H4,86,87,90)/b4-3-/t47-,58-,59-,60-,61-,62-,63-,64-,65-,66-,67-/m0/s1. The van der Waals surface area contributed by atoms with Crippen molar-refractivity contribution >= 4 is 116 Å². The Balaban J connectivity index is 1.17. The quantitative estimate of drug-likeness (QED) is 0.0105. The van der Waals surface area contributed by atoms with Crippen LogP contribution in [0.25, 0.3) is 10.9 Å². The maximum Gasteiger partial charge on any atom is 0.322 e. The van der Waals surface area contributed by atoms with Crippen molar-refractivity contribution in [3.63, 3.8) is 0 Å². The number of carbonyl (C=O) groups excluding carboxylic acids is 12. The third-order valence-electron chi connectivity index (χ3n) is 19.5. The minimum Gasteiger partial charge on any atom is -0.508 e. The lowest BCUT2D eigenvalue weighted by Crippen LogP contribution is -2.61. The third kappa shape index (κ3) is 32.7. The summed E-state index contributed by atoms with van der Waals surface area (Å²) in [5.74, 6) is -12.1. The molecule has 0 aliphatic carbocycles. The second-order valence-electron chi connectivity index (χ2n) is 29.0. The van der Waals surface area contributed by atoms with Gasteiger partial charge in [-0.15, -0.1) is 0 Å². The number of nitrogens with two attached hydrogens (primary N) is 3. The van der Waals surface area contributed by atoms with Gasteiger partial charge >= 0.3 is 5.97 Å². The van der Waals surface area contributed by atoms with E-state index in [1.165, 1.54) is 50.6 Å². The highest BCUT2D eigenvalue weighted by atomic mass is 79.9. The van der Waals surface area contributed by atoms with Crippen molar-refractivity contribution in [2.45, 2.75) is 196 Å². The molecule has 0 bridgehead atoms. The first-order valence-electron chi connectivity index (χ1n) is 39.4. The average molecular weight is 1710 g/mol. The van der Waals surface area contributed by atoms with E-state index in [-0.39, 0.29) is 134 Å². The Labute approximate surface area is 696 Å². The van der Waals surface area contributed by atoms with Crippen LogP contribution >= 0.6 is 15.9 Å². The first-order valence-corrected chi connectivity index (χ1v) is 40.2. The molecule has 7 rings (SSSR count). The van der Waals surface area contributed by atoms with Crippen molar-refractivity contribution < 1.29 is 72.5 Å². The number of carbonyl (C=O) groups is 13. The highest BCUT2D eigenvalue weighted by Gasteiger charge is 2.37. The number of carboxylic acid groups (broad SMARTS) is 1. The molecule has 1 aliphatic heterocycles. The number of aliphatic carboxylic acids is 1. The highest BCUT2D eigenvalue weighted by Crippen LogP contribution is 2.22. The summed E-state index contributed by atoms with van der Waals surface area (Å²) in [6.07, 6.45) is 9.02. The van der Waals surface area contributed by atoms with Crippen LogP contribution in [0.15, 0.2) is 138 Å². The summed E-state index contributed by atoms with van der Waals surface area (Å²) in [5, 5.41) is 73.5. The molecule has 0 fully saturated rings. The smallest absolute Gasteiger partial charge is 0.322 e. The van der Waals surface area contributed by atoms with E-state index in [9.17, 15) is 53.4 Å². The molecule has 26 N–H and O–H groups in total. The number of aromatic hydroxyl groups is 1. The van der Waals surface area contributed by atoms with Crippen LogP contribution in [0.2, 0.25) is 0 Å². The van der Waals surface area contributed by atoms with Gasteiger partial charge in [0.05, 0.1) is 6.33 Å². The number of halogens is 1. The first-order chi connectivity index (χ1) is 57.0. The number of phenols is 1. The number of hydrogen-bond donors (Lipinski definition) is 23. The number of carboxylic acids is 1. The van der Waals surface area contributed by atoms with Gasteiger partial charge in [-0.2, -0.15) is 0 Å². The zero-order chi connectivity index (χ0) is 86.3. The fourth-order valence-corrected chi connectivity index (χ4v) is 13.4. The molecule has 4 aromatic carbocycles. The minimum absolute atomic E-state index is 0.00425. The number of nitrogens with zero attached hydrogens (tertiary/aromatic N) is 1. The van der Waals surface area contributed by atoms with E-state index < -0.39 is 150 Å². The molecule has 0 saturated carbocycles. The summed E-state index contributed by atoms with van der Waals surface area (Å²) >= 11 is 3.44. The van der Waals surface area contributed by atoms with Crippen molar-refractivity contribution in [3.05, 3.63) is 166 Å². The van der Waals surface area contributed by atoms with E-state index in [0.717, 1.165) is 0 Å². The Kier molecular flexibility index (Phi) is 38.2. The number of guanidine groups is 2. The number of aromatic amines is 2. The van der Waals surface area contributed by atoms with Gasteiger partial charge in [0.25, 0.3) is 0 Å². The van der Waals surface area contributed by atoms with Crippen LogP contribution in [0.5, 0.6) is 5.75 Å². The molecular formula is C81H109BrN22O15. The molecule has 38 heteroatoms. The van der Waals surface area contributed by atoms with Gasteiger partial charge in [0.15, 0.2) is 11.9 Å². The van der Waals surface area contributed by atoms with Gasteiger partial charge in [-0.1, -0.05) is 101 Å². The van der Waals surface area contributed by atoms with Crippen LogP contribution in [-0.2, 0) is 94.4 Å². The topological polar surface area (TPSA) is 601 Å². The molecule has 119 heavy (non-hydrogen) atoms. The average Bonchev–Trinajstić information content (AvgIpc) is 1.57. The molecule has 11 atom stereocenters. The van der Waals surface area contributed by atoms with Crippen molar-refractivity contribution in [2.75, 3.05) is 26.2 Å². The van der Waals surface area contributed by atoms with Crippen LogP contribution < -0.4 is 91.6 Å². The van der Waals surface area contributed by atoms with E-state index in [1.54, 1.807) is 97.2 Å². The summed E-state index contributed by atoms with van der Waals surface area (Å²) in [5.41, 5.74) is 20.3. The lowest BCUT2D eigenvalue weighted by Gasteiger charge is -2.28. The van der Waals surface area contributed by atoms with Gasteiger partial charge in [-0.05, 0) is 150 Å². The Bertz CT molecular complexity index is 4460. The lowest BCUT2D eigenvalue weighted by atomic mass is 10.0. The number of nitrogens with one attached hydrogen (secondary N) is 18. The number of unbranched alkanes of at least 4 members (excludes halogenated alkanes) is 1. The maximum absolute atomic E-state index is 15.3. The molecule has 6 aromatic rings. The van der Waals surface area contributed by atoms with Gasteiger partial charge in [-0.25, -0.2) is 4.98 Å². The van der Waals surface area contributed by atoms with Gasteiger partial charge in [0, 0.05) is 85.6 Å². The second kappa shape index (κ2) is 48.7. The first kappa shape index (κ1) is 93.4. The van der Waals surface area contributed by atoms with Crippen molar-refractivity contribution in [1.82, 2.24) is 89.4 Å². The zero-order valence-electron chi connectivity index (χ0n) is 66.4. The summed E-state index contributed by atoms with van der Waals surface area (Å²) < 4.78 is 0.681. The fraction of sp³-hybridized carbons (Fsp3) is 0.432. The number of aromatic nitrogens is 3. The number of hydrogen-bond acceptors (Lipinski definition) is 18. The molecule has 2 aromatic heterocycles. The van der Waals surface area contributed by atoms with Crippen molar-refractivity contribution in [3.8, 4) is 5.75 Å². The van der Waals surface area contributed by atoms with Gasteiger partial charge in [0.1, 0.15) is 78.8 Å². The summed E-state index contributed by atoms with van der Waals surface area (Å²) in [7, 11) is 0. The SMILES string of the molecule is CC(=O)N[C@@H](Cc1ccccc1)C(=O)N[C@@H](CCCNC(=N)N)C(=O)N[C@@H](CCCNC(=N)N)C(=O)N[C@@H](CCCCN)C(=O)N[C@@H](C)C(=O)N[C@@H](Cc1ccc(Br)cc1)C(=O)N[C@H]1CCC/C=C\CCC[C@@H](C(=O)NCC(=O)O)NC(=O)[C@H](Cc2ccc(O)cc2)NC(=O)[C@H](Cc2c[nH]c3ccccc23)NC(=O)[C@H](Cc2cnc[nH]2)NC1=O. The van der Waals surface area contributed by atoms with Crippen LogP contribution in [-0.4, -0.2) is 207 Å². The normalized spacial score (nSPS) is 18.0. The van der Waals surface area contributed by atoms with Crippen LogP contribution in [0, 0.1) is 10.8 Å². The molecule has 12 amide bonds. The Morgan fingerprint density at radius 2 is 1.07 bits per heavy atom. The van der Waals surface area contributed by atoms with Crippen LogP contribution in [0.4, 0.5) is 0 Å². The van der Waals surface area contributed by atoms with Crippen LogP contribution in [0.1, 0.15) is 125 Å². The number of para-hydroxylation sites is 1. The lowest BCUT2D eigenvalue weighted by molar-refractivity contribution is -0.138. The molecule has 0 radical (unpaired) electrons. The summed E-state index contributed by atoms with van der Waals surface area (Å²) in [4.78, 5) is 196. The Hall–Kier alpha value is -12.7. The number of imidazole rings is 1. The number of rotatable bonds is 38. The second-order valence-corrected chi connectivity index (χ2v) is 29.9. The molecule has 0 unspecified atom stereocenters. The minimum atomic E-state index is -1.53. The van der Waals surface area contributed by atoms with E-state index in [1.807, 2.05) is 0 Å². The maximum atomic E-state index is 15.3. The largest absolute Gasteiger partial charge is 0.508 e. The van der Waals surface area contributed by atoms with E-state index >= 15 is 19.2 Å². The predicted octanol–water partition coefficient (Wildman–Crippen LogP) is 0.0117. The molecule has 0 spiro atoms. The number of allylic oxidation sites excluding steroid dienone is 2. The molecule has 37 nitrogen and oxygen atoms in total. The third-order valence-corrected chi connectivity index (χ3v) is 20.0. The van der Waals surface area contributed by atoms with Crippen LogP contribution in [0.3, 0.4) is 0 Å². The molecule has 1 aliphatic rings. The summed E-state index contributed by atoms with van der Waals surface area (Å²) in [6.45, 7) is 2.17. The van der Waals surface area contributed by atoms with Crippen molar-refractivity contribution in [2.24, 2.45) is 17.2 Å². The Morgan fingerprint density at radius 1 is 0.555 bits per heavy atom. The monoisotopic (exact) mass is 1710 g/mol. The predicted molar refractivity (Wildman–Crippen MR) is 445 cm³/mol. The molecule has 640 valence electrons. The number of fused-ring (bicyclic) bond motifs is 1. The zero-order valence-corrected chi connectivity index (χ0v) is 68.0. The molecular weight excluding hydrogens is 1600 g/mol. The van der Waals surface area contributed by atoms with E-state index in [0.29, 0.717) is 62.6 Å².